The second-order valence-electron chi connectivity index (χ2n) is 3.01. The third kappa shape index (κ3) is 3.81. The number of anilines is 1. The lowest BCUT2D eigenvalue weighted by Crippen LogP contribution is -2.33. The summed E-state index contributed by atoms with van der Waals surface area (Å²) < 4.78 is 4.52. The highest BCUT2D eigenvalue weighted by Gasteiger charge is 2.13. The molecule has 0 bridgehead atoms. The van der Waals surface area contributed by atoms with Crippen molar-refractivity contribution >= 4 is 23.4 Å². The Bertz CT molecular complexity index is 327. The molecule has 0 radical (unpaired) electrons. The summed E-state index contributed by atoms with van der Waals surface area (Å²) in [6.07, 6.45) is 0. The van der Waals surface area contributed by atoms with Crippen molar-refractivity contribution < 1.29 is 9.53 Å². The van der Waals surface area contributed by atoms with Crippen LogP contribution in [0.15, 0.2) is 29.2 Å². The second kappa shape index (κ2) is 5.63. The molecule has 1 unspecified atom stereocenters. The van der Waals surface area contributed by atoms with Crippen LogP contribution in [0.3, 0.4) is 0 Å². The van der Waals surface area contributed by atoms with Gasteiger partial charge in [0.1, 0.15) is 6.04 Å². The van der Waals surface area contributed by atoms with Crippen LogP contribution < -0.4 is 11.5 Å². The van der Waals surface area contributed by atoms with Crippen molar-refractivity contribution in [2.24, 2.45) is 5.73 Å². The molecule has 4 nitrogen and oxygen atoms in total. The highest BCUT2D eigenvalue weighted by atomic mass is 32.2. The zero-order valence-electron chi connectivity index (χ0n) is 8.47. The van der Waals surface area contributed by atoms with Crippen molar-refractivity contribution in [3.8, 4) is 0 Å². The number of hydrogen-bond donors (Lipinski definition) is 2. The molecule has 0 saturated heterocycles. The SMILES string of the molecule is COC(=O)C(N)CSc1ccc(N)cc1. The van der Waals surface area contributed by atoms with Gasteiger partial charge in [-0.15, -0.1) is 11.8 Å². The third-order valence-electron chi connectivity index (χ3n) is 1.81. The molecule has 0 fully saturated rings. The second-order valence-corrected chi connectivity index (χ2v) is 4.10. The minimum atomic E-state index is -0.586. The summed E-state index contributed by atoms with van der Waals surface area (Å²) >= 11 is 1.50. The van der Waals surface area contributed by atoms with Gasteiger partial charge in [-0.2, -0.15) is 0 Å². The standard InChI is InChI=1S/C10H14N2O2S/c1-14-10(13)9(12)6-15-8-4-2-7(11)3-5-8/h2-5,9H,6,11-12H2,1H3. The first-order valence-electron chi connectivity index (χ1n) is 4.45. The van der Waals surface area contributed by atoms with Crippen LogP contribution in [0.2, 0.25) is 0 Å². The number of esters is 1. The van der Waals surface area contributed by atoms with Gasteiger partial charge in [-0.3, -0.25) is 4.79 Å². The number of nitrogen functional groups attached to an aromatic ring is 1. The zero-order chi connectivity index (χ0) is 11.3. The van der Waals surface area contributed by atoms with E-state index in [1.165, 1.54) is 18.9 Å². The molecule has 4 N–H and O–H groups in total. The van der Waals surface area contributed by atoms with Crippen molar-refractivity contribution in [2.45, 2.75) is 10.9 Å². The molecule has 1 aromatic carbocycles. The molecule has 5 heteroatoms. The Kier molecular flexibility index (Phi) is 4.45. The van der Waals surface area contributed by atoms with Crippen LogP contribution in [0, 0.1) is 0 Å². The maximum atomic E-state index is 11.0. The molecule has 0 aliphatic rings. The number of hydrogen-bond acceptors (Lipinski definition) is 5. The van der Waals surface area contributed by atoms with Crippen molar-refractivity contribution in [1.29, 1.82) is 0 Å². The predicted molar refractivity (Wildman–Crippen MR) is 61.6 cm³/mol. The maximum Gasteiger partial charge on any atom is 0.323 e. The Hall–Kier alpha value is -1.20. The van der Waals surface area contributed by atoms with E-state index in [2.05, 4.69) is 4.74 Å². The Morgan fingerprint density at radius 3 is 2.60 bits per heavy atom. The molecule has 0 aliphatic heterocycles. The van der Waals surface area contributed by atoms with Gasteiger partial charge in [0.2, 0.25) is 0 Å². The van der Waals surface area contributed by atoms with Gasteiger partial charge in [0, 0.05) is 16.3 Å². The normalized spacial score (nSPS) is 12.1. The lowest BCUT2D eigenvalue weighted by molar-refractivity contribution is -0.141. The number of benzene rings is 1. The van der Waals surface area contributed by atoms with Crippen LogP contribution in [0.4, 0.5) is 5.69 Å². The van der Waals surface area contributed by atoms with E-state index in [-0.39, 0.29) is 0 Å². The number of nitrogens with two attached hydrogens (primary N) is 2. The minimum Gasteiger partial charge on any atom is -0.468 e. The predicted octanol–water partition coefficient (Wildman–Crippen LogP) is 0.861. The van der Waals surface area contributed by atoms with E-state index >= 15 is 0 Å². The number of carbonyl (C=O) groups excluding carboxylic acids is 1. The minimum absolute atomic E-state index is 0.391. The van der Waals surface area contributed by atoms with E-state index in [0.717, 1.165) is 10.6 Å². The van der Waals surface area contributed by atoms with Crippen LogP contribution in [-0.4, -0.2) is 24.9 Å². The first kappa shape index (κ1) is 11.9. The van der Waals surface area contributed by atoms with Gasteiger partial charge < -0.3 is 16.2 Å². The molecule has 0 heterocycles. The molecular weight excluding hydrogens is 212 g/mol. The molecule has 1 aromatic rings. The fourth-order valence-corrected chi connectivity index (χ4v) is 1.81. The Balaban J connectivity index is 2.43. The zero-order valence-corrected chi connectivity index (χ0v) is 9.29. The number of thioether (sulfide) groups is 1. The molecule has 0 saturated carbocycles. The fraction of sp³-hybridized carbons (Fsp3) is 0.300. The molecule has 0 aliphatic carbocycles. The first-order chi connectivity index (χ1) is 7.13. The van der Waals surface area contributed by atoms with Gasteiger partial charge in [-0.1, -0.05) is 0 Å². The van der Waals surface area contributed by atoms with Gasteiger partial charge in [-0.25, -0.2) is 0 Å². The summed E-state index contributed by atoms with van der Waals surface area (Å²) in [4.78, 5) is 12.0. The number of carbonyl (C=O) groups is 1. The first-order valence-corrected chi connectivity index (χ1v) is 5.44. The van der Waals surface area contributed by atoms with Crippen molar-refractivity contribution in [3.63, 3.8) is 0 Å². The largest absolute Gasteiger partial charge is 0.468 e. The Morgan fingerprint density at radius 2 is 2.07 bits per heavy atom. The molecule has 0 spiro atoms. The highest BCUT2D eigenvalue weighted by molar-refractivity contribution is 7.99. The van der Waals surface area contributed by atoms with Gasteiger partial charge in [0.25, 0.3) is 0 Å². The topological polar surface area (TPSA) is 78.3 Å². The number of methoxy groups -OCH3 is 1. The van der Waals surface area contributed by atoms with Crippen LogP contribution in [0.5, 0.6) is 0 Å². The molecule has 1 atom stereocenters. The molecule has 15 heavy (non-hydrogen) atoms. The van der Waals surface area contributed by atoms with Gasteiger partial charge in [-0.05, 0) is 24.3 Å². The number of ether oxygens (including phenoxy) is 1. The van der Waals surface area contributed by atoms with Gasteiger partial charge in [0.05, 0.1) is 7.11 Å². The lowest BCUT2D eigenvalue weighted by atomic mass is 10.3. The quantitative estimate of drug-likeness (QED) is 0.452. The van der Waals surface area contributed by atoms with E-state index in [1.54, 1.807) is 0 Å². The molecule has 0 aromatic heterocycles. The molecular formula is C10H14N2O2S. The summed E-state index contributed by atoms with van der Waals surface area (Å²) in [7, 11) is 1.33. The highest BCUT2D eigenvalue weighted by Crippen LogP contribution is 2.19. The number of rotatable bonds is 4. The van der Waals surface area contributed by atoms with Crippen LogP contribution in [-0.2, 0) is 9.53 Å². The summed E-state index contributed by atoms with van der Waals surface area (Å²) in [5.74, 6) is 0.106. The Labute approximate surface area is 93.0 Å². The molecule has 0 amide bonds. The van der Waals surface area contributed by atoms with Gasteiger partial charge in [0.15, 0.2) is 0 Å². The molecule has 82 valence electrons. The van der Waals surface area contributed by atoms with E-state index in [0.29, 0.717) is 5.75 Å². The van der Waals surface area contributed by atoms with Crippen LogP contribution >= 0.6 is 11.8 Å². The molecule has 1 rings (SSSR count). The smallest absolute Gasteiger partial charge is 0.323 e. The summed E-state index contributed by atoms with van der Waals surface area (Å²) in [5, 5.41) is 0. The van der Waals surface area contributed by atoms with Crippen molar-refractivity contribution in [2.75, 3.05) is 18.6 Å². The lowest BCUT2D eigenvalue weighted by Gasteiger charge is -2.08. The average Bonchev–Trinajstić information content (AvgIpc) is 2.26. The fourth-order valence-electron chi connectivity index (χ4n) is 0.969. The van der Waals surface area contributed by atoms with Gasteiger partial charge >= 0.3 is 5.97 Å². The summed E-state index contributed by atoms with van der Waals surface area (Å²) in [6, 6.07) is 6.82. The monoisotopic (exact) mass is 226 g/mol. The van der Waals surface area contributed by atoms with E-state index in [9.17, 15) is 4.79 Å². The van der Waals surface area contributed by atoms with Crippen molar-refractivity contribution in [3.05, 3.63) is 24.3 Å². The van der Waals surface area contributed by atoms with Crippen LogP contribution in [0.25, 0.3) is 0 Å². The summed E-state index contributed by atoms with van der Waals surface area (Å²) in [5.41, 5.74) is 11.8. The van der Waals surface area contributed by atoms with Crippen molar-refractivity contribution in [1.82, 2.24) is 0 Å². The average molecular weight is 226 g/mol. The Morgan fingerprint density at radius 1 is 1.47 bits per heavy atom. The van der Waals surface area contributed by atoms with E-state index in [4.69, 9.17) is 11.5 Å². The maximum absolute atomic E-state index is 11.0. The van der Waals surface area contributed by atoms with E-state index < -0.39 is 12.0 Å². The third-order valence-corrected chi connectivity index (χ3v) is 2.94. The summed E-state index contributed by atoms with van der Waals surface area (Å²) in [6.45, 7) is 0. The van der Waals surface area contributed by atoms with Crippen LogP contribution in [0.1, 0.15) is 0 Å². The van der Waals surface area contributed by atoms with E-state index in [1.807, 2.05) is 24.3 Å².